The average molecular weight is 434 g/mol. The van der Waals surface area contributed by atoms with Crippen LogP contribution >= 0.6 is 0 Å². The van der Waals surface area contributed by atoms with Crippen molar-refractivity contribution in [3.8, 4) is 5.75 Å². The molecule has 0 aliphatic carbocycles. The van der Waals surface area contributed by atoms with Gasteiger partial charge in [0.15, 0.2) is 0 Å². The molecule has 3 rings (SSSR count). The Hall–Kier alpha value is -2.48. The molecule has 1 saturated heterocycles. The van der Waals surface area contributed by atoms with Crippen molar-refractivity contribution in [3.05, 3.63) is 41.2 Å². The number of benzene rings is 1. The summed E-state index contributed by atoms with van der Waals surface area (Å²) >= 11 is 0. The van der Waals surface area contributed by atoms with Gasteiger partial charge in [-0.15, -0.1) is 0 Å². The zero-order chi connectivity index (χ0) is 21.9. The first-order valence-corrected chi connectivity index (χ1v) is 12.0. The lowest BCUT2D eigenvalue weighted by atomic mass is 10.2. The monoisotopic (exact) mass is 433 g/mol. The minimum Gasteiger partial charge on any atom is -0.492 e. The molecular weight excluding hydrogens is 402 g/mol. The minimum absolute atomic E-state index is 0.0445. The van der Waals surface area contributed by atoms with Crippen LogP contribution in [0.4, 0.5) is 5.69 Å². The van der Waals surface area contributed by atoms with Gasteiger partial charge in [0.25, 0.3) is 15.9 Å². The van der Waals surface area contributed by atoms with Gasteiger partial charge >= 0.3 is 0 Å². The number of aromatic nitrogens is 1. The number of rotatable bonds is 6. The van der Waals surface area contributed by atoms with Crippen LogP contribution in [-0.4, -0.2) is 43.5 Å². The summed E-state index contributed by atoms with van der Waals surface area (Å²) in [4.78, 5) is 15.3. The molecule has 1 aromatic heterocycles. The number of hydrogen-bond donors (Lipinski definition) is 1. The molecule has 2 heterocycles. The van der Waals surface area contributed by atoms with Gasteiger partial charge in [-0.05, 0) is 45.7 Å². The molecule has 2 aromatic rings. The Labute approximate surface area is 179 Å². The Bertz CT molecular complexity index is 1020. The Morgan fingerprint density at radius 1 is 1.07 bits per heavy atom. The third-order valence-electron chi connectivity index (χ3n) is 5.73. The summed E-state index contributed by atoms with van der Waals surface area (Å²) in [5, 5.41) is 0. The standard InChI is InChI=1S/C22H31N3O4S/c1-5-29-19-13-9-8-12-18(19)23-30(27,28)21-17(3)24(4)16(2)20(21)22(26)25-14-10-6-7-11-15-25/h8-9,12-13,23H,5-7,10-11,14-15H2,1-4H3. The van der Waals surface area contributed by atoms with Crippen molar-refractivity contribution in [1.82, 2.24) is 9.47 Å². The highest BCUT2D eigenvalue weighted by Crippen LogP contribution is 2.32. The van der Waals surface area contributed by atoms with E-state index in [0.717, 1.165) is 25.7 Å². The first kappa shape index (κ1) is 22.2. The van der Waals surface area contributed by atoms with Gasteiger partial charge < -0.3 is 14.2 Å². The fraction of sp³-hybridized carbons (Fsp3) is 0.500. The van der Waals surface area contributed by atoms with Gasteiger partial charge in [-0.3, -0.25) is 9.52 Å². The largest absolute Gasteiger partial charge is 0.492 e. The first-order chi connectivity index (χ1) is 14.3. The molecule has 1 aliphatic rings. The molecule has 1 amide bonds. The molecule has 7 nitrogen and oxygen atoms in total. The van der Waals surface area contributed by atoms with Crippen LogP contribution in [0.15, 0.2) is 29.2 Å². The van der Waals surface area contributed by atoms with Gasteiger partial charge in [-0.1, -0.05) is 25.0 Å². The fourth-order valence-corrected chi connectivity index (χ4v) is 5.55. The average Bonchev–Trinajstić information content (AvgIpc) is 2.90. The molecule has 1 aromatic carbocycles. The van der Waals surface area contributed by atoms with Crippen LogP contribution < -0.4 is 9.46 Å². The number of amides is 1. The van der Waals surface area contributed by atoms with Crippen LogP contribution in [0.25, 0.3) is 0 Å². The second kappa shape index (κ2) is 9.12. The Morgan fingerprint density at radius 2 is 1.70 bits per heavy atom. The number of hydrogen-bond acceptors (Lipinski definition) is 4. The highest BCUT2D eigenvalue weighted by Gasteiger charge is 2.33. The van der Waals surface area contributed by atoms with Crippen molar-refractivity contribution < 1.29 is 17.9 Å². The molecule has 0 saturated carbocycles. The quantitative estimate of drug-likeness (QED) is 0.750. The summed E-state index contributed by atoms with van der Waals surface area (Å²) in [6, 6.07) is 6.90. The SMILES string of the molecule is CCOc1ccccc1NS(=O)(=O)c1c(C(=O)N2CCCCCC2)c(C)n(C)c1C. The fourth-order valence-electron chi connectivity index (χ4n) is 3.96. The Morgan fingerprint density at radius 3 is 2.33 bits per heavy atom. The summed E-state index contributed by atoms with van der Waals surface area (Å²) in [7, 11) is -2.22. The third-order valence-corrected chi connectivity index (χ3v) is 7.26. The molecule has 0 bridgehead atoms. The maximum Gasteiger partial charge on any atom is 0.264 e. The van der Waals surface area contributed by atoms with Gasteiger partial charge in [0.1, 0.15) is 10.6 Å². The van der Waals surface area contributed by atoms with Crippen molar-refractivity contribution in [2.24, 2.45) is 7.05 Å². The third kappa shape index (κ3) is 4.33. The summed E-state index contributed by atoms with van der Waals surface area (Å²) < 4.78 is 36.9. The maximum atomic E-state index is 13.5. The number of likely N-dealkylation sites (tertiary alicyclic amines) is 1. The number of sulfonamides is 1. The lowest BCUT2D eigenvalue weighted by molar-refractivity contribution is 0.0757. The molecule has 1 N–H and O–H groups in total. The van der Waals surface area contributed by atoms with Crippen LogP contribution in [0.2, 0.25) is 0 Å². The Balaban J connectivity index is 2.05. The lowest BCUT2D eigenvalue weighted by Crippen LogP contribution is -2.33. The van der Waals surface area contributed by atoms with E-state index in [4.69, 9.17) is 4.74 Å². The van der Waals surface area contributed by atoms with E-state index in [1.54, 1.807) is 54.6 Å². The molecule has 164 valence electrons. The van der Waals surface area contributed by atoms with E-state index in [1.807, 2.05) is 6.92 Å². The van der Waals surface area contributed by atoms with Gasteiger partial charge in [-0.25, -0.2) is 8.42 Å². The van der Waals surface area contributed by atoms with E-state index in [2.05, 4.69) is 4.72 Å². The van der Waals surface area contributed by atoms with E-state index < -0.39 is 10.0 Å². The number of ether oxygens (including phenoxy) is 1. The number of para-hydroxylation sites is 2. The van der Waals surface area contributed by atoms with Crippen molar-refractivity contribution in [2.45, 2.75) is 51.3 Å². The molecule has 30 heavy (non-hydrogen) atoms. The molecule has 8 heteroatoms. The number of nitrogens with zero attached hydrogens (tertiary/aromatic N) is 2. The predicted octanol–water partition coefficient (Wildman–Crippen LogP) is 3.86. The normalized spacial score (nSPS) is 15.0. The van der Waals surface area contributed by atoms with E-state index >= 15 is 0 Å². The molecule has 0 unspecified atom stereocenters. The molecule has 1 aliphatic heterocycles. The maximum absolute atomic E-state index is 13.5. The summed E-state index contributed by atoms with van der Waals surface area (Å²) in [5.41, 5.74) is 1.80. The van der Waals surface area contributed by atoms with Crippen molar-refractivity contribution in [2.75, 3.05) is 24.4 Å². The van der Waals surface area contributed by atoms with Crippen LogP contribution in [0, 0.1) is 13.8 Å². The van der Waals surface area contributed by atoms with E-state index in [-0.39, 0.29) is 16.4 Å². The van der Waals surface area contributed by atoms with E-state index in [0.29, 0.717) is 42.5 Å². The lowest BCUT2D eigenvalue weighted by Gasteiger charge is -2.21. The number of carbonyl (C=O) groups excluding carboxylic acids is 1. The number of carbonyl (C=O) groups is 1. The summed E-state index contributed by atoms with van der Waals surface area (Å²) in [6.45, 7) is 7.11. The smallest absolute Gasteiger partial charge is 0.264 e. The van der Waals surface area contributed by atoms with Gasteiger partial charge in [0, 0.05) is 31.5 Å². The highest BCUT2D eigenvalue weighted by molar-refractivity contribution is 7.92. The minimum atomic E-state index is -4.01. The molecule has 1 fully saturated rings. The van der Waals surface area contributed by atoms with Crippen molar-refractivity contribution in [3.63, 3.8) is 0 Å². The van der Waals surface area contributed by atoms with Gasteiger partial charge in [-0.2, -0.15) is 0 Å². The molecule has 0 atom stereocenters. The zero-order valence-electron chi connectivity index (χ0n) is 18.2. The molecule has 0 radical (unpaired) electrons. The van der Waals surface area contributed by atoms with Gasteiger partial charge in [0.05, 0.1) is 17.9 Å². The first-order valence-electron chi connectivity index (χ1n) is 10.5. The number of anilines is 1. The second-order valence-corrected chi connectivity index (χ2v) is 9.29. The summed E-state index contributed by atoms with van der Waals surface area (Å²) in [6.07, 6.45) is 4.08. The highest BCUT2D eigenvalue weighted by atomic mass is 32.2. The zero-order valence-corrected chi connectivity index (χ0v) is 19.0. The molecular formula is C22H31N3O4S. The topological polar surface area (TPSA) is 80.6 Å². The summed E-state index contributed by atoms with van der Waals surface area (Å²) in [5.74, 6) is 0.242. The van der Waals surface area contributed by atoms with Crippen LogP contribution in [0.3, 0.4) is 0 Å². The number of nitrogens with one attached hydrogen (secondary N) is 1. The van der Waals surface area contributed by atoms with Crippen molar-refractivity contribution >= 4 is 21.6 Å². The molecule has 0 spiro atoms. The van der Waals surface area contributed by atoms with E-state index in [9.17, 15) is 13.2 Å². The van der Waals surface area contributed by atoms with Gasteiger partial charge in [0.2, 0.25) is 0 Å². The van der Waals surface area contributed by atoms with Crippen LogP contribution in [0.1, 0.15) is 54.4 Å². The van der Waals surface area contributed by atoms with Crippen LogP contribution in [-0.2, 0) is 17.1 Å². The van der Waals surface area contributed by atoms with Crippen LogP contribution in [0.5, 0.6) is 5.75 Å². The predicted molar refractivity (Wildman–Crippen MR) is 118 cm³/mol. The Kier molecular flexibility index (Phi) is 6.75. The second-order valence-electron chi connectivity index (χ2n) is 7.68. The van der Waals surface area contributed by atoms with E-state index in [1.165, 1.54) is 0 Å². The van der Waals surface area contributed by atoms with Crippen molar-refractivity contribution in [1.29, 1.82) is 0 Å².